The van der Waals surface area contributed by atoms with Crippen molar-refractivity contribution in [3.8, 4) is 6.07 Å². The third-order valence-corrected chi connectivity index (χ3v) is 3.25. The molecule has 0 amide bonds. The average molecular weight is 229 g/mol. The van der Waals surface area contributed by atoms with E-state index in [1.807, 2.05) is 18.2 Å². The first-order valence-corrected chi connectivity index (χ1v) is 6.32. The molecule has 1 fully saturated rings. The second kappa shape index (κ2) is 5.70. The Morgan fingerprint density at radius 3 is 3.06 bits per heavy atom. The molecule has 1 unspecified atom stereocenters. The molecule has 17 heavy (non-hydrogen) atoms. The van der Waals surface area contributed by atoms with Gasteiger partial charge in [-0.1, -0.05) is 13.0 Å². The summed E-state index contributed by atoms with van der Waals surface area (Å²) in [5, 5.41) is 12.4. The largest absolute Gasteiger partial charge is 0.367 e. The number of nitrogens with one attached hydrogen (secondary N) is 1. The van der Waals surface area contributed by atoms with Crippen molar-refractivity contribution in [1.29, 1.82) is 5.26 Å². The summed E-state index contributed by atoms with van der Waals surface area (Å²) in [6.45, 7) is 5.41. The van der Waals surface area contributed by atoms with E-state index < -0.39 is 0 Å². The minimum atomic E-state index is 0.573. The van der Waals surface area contributed by atoms with Crippen LogP contribution in [0.25, 0.3) is 0 Å². The van der Waals surface area contributed by atoms with Crippen molar-refractivity contribution in [1.82, 2.24) is 5.32 Å². The summed E-state index contributed by atoms with van der Waals surface area (Å²) in [6.07, 6.45) is 2.32. The predicted molar refractivity (Wildman–Crippen MR) is 70.1 cm³/mol. The van der Waals surface area contributed by atoms with Gasteiger partial charge < -0.3 is 10.2 Å². The number of benzene rings is 1. The monoisotopic (exact) mass is 229 g/mol. The summed E-state index contributed by atoms with van der Waals surface area (Å²) in [4.78, 5) is 2.43. The van der Waals surface area contributed by atoms with Gasteiger partial charge in [0.2, 0.25) is 0 Å². The maximum absolute atomic E-state index is 8.96. The van der Waals surface area contributed by atoms with E-state index in [0.29, 0.717) is 6.04 Å². The lowest BCUT2D eigenvalue weighted by atomic mass is 10.1. The average Bonchev–Trinajstić information content (AvgIpc) is 2.89. The number of nitriles is 1. The van der Waals surface area contributed by atoms with Gasteiger partial charge >= 0.3 is 0 Å². The fraction of sp³-hybridized carbons (Fsp3) is 0.500. The molecule has 0 radical (unpaired) electrons. The van der Waals surface area contributed by atoms with Gasteiger partial charge in [0.25, 0.3) is 0 Å². The molecule has 1 aromatic rings. The minimum absolute atomic E-state index is 0.573. The van der Waals surface area contributed by atoms with Gasteiger partial charge in [-0.2, -0.15) is 5.26 Å². The summed E-state index contributed by atoms with van der Waals surface area (Å²) in [6, 6.07) is 10.7. The lowest BCUT2D eigenvalue weighted by Gasteiger charge is -2.30. The summed E-state index contributed by atoms with van der Waals surface area (Å²) < 4.78 is 0. The normalized spacial score (nSPS) is 18.9. The van der Waals surface area contributed by atoms with Crippen molar-refractivity contribution in [3.05, 3.63) is 29.8 Å². The van der Waals surface area contributed by atoms with E-state index in [1.165, 1.54) is 12.1 Å². The highest BCUT2D eigenvalue weighted by atomic mass is 15.2. The Labute approximate surface area is 103 Å². The van der Waals surface area contributed by atoms with Crippen molar-refractivity contribution in [2.75, 3.05) is 24.5 Å². The van der Waals surface area contributed by atoms with Gasteiger partial charge in [-0.15, -0.1) is 0 Å². The first-order chi connectivity index (χ1) is 8.35. The van der Waals surface area contributed by atoms with E-state index in [1.54, 1.807) is 0 Å². The van der Waals surface area contributed by atoms with Crippen molar-refractivity contribution < 1.29 is 0 Å². The van der Waals surface area contributed by atoms with Crippen LogP contribution < -0.4 is 10.2 Å². The first-order valence-electron chi connectivity index (χ1n) is 6.32. The van der Waals surface area contributed by atoms with Gasteiger partial charge in [-0.25, -0.2) is 0 Å². The number of hydrogen-bond acceptors (Lipinski definition) is 3. The standard InChI is InChI=1S/C14H19N3/c1-2-8-17(14-6-7-16-11-14)13-5-3-4-12(9-13)10-15/h3-5,9,14,16H,2,6-8,11H2,1H3. The van der Waals surface area contributed by atoms with Crippen LogP contribution in [0.5, 0.6) is 0 Å². The molecule has 1 aliphatic heterocycles. The SMILES string of the molecule is CCCN(c1cccc(C#N)c1)C1CCNC1. The van der Waals surface area contributed by atoms with Crippen molar-refractivity contribution in [2.24, 2.45) is 0 Å². The molecule has 90 valence electrons. The Hall–Kier alpha value is -1.53. The molecule has 2 rings (SSSR count). The van der Waals surface area contributed by atoms with E-state index in [2.05, 4.69) is 29.3 Å². The third-order valence-electron chi connectivity index (χ3n) is 3.25. The lowest BCUT2D eigenvalue weighted by molar-refractivity contribution is 0.625. The van der Waals surface area contributed by atoms with E-state index >= 15 is 0 Å². The lowest BCUT2D eigenvalue weighted by Crippen LogP contribution is -2.37. The molecule has 1 N–H and O–H groups in total. The molecule has 0 aliphatic carbocycles. The maximum atomic E-state index is 8.96. The van der Waals surface area contributed by atoms with E-state index in [0.717, 1.165) is 31.6 Å². The van der Waals surface area contributed by atoms with E-state index in [-0.39, 0.29) is 0 Å². The summed E-state index contributed by atoms with van der Waals surface area (Å²) in [7, 11) is 0. The van der Waals surface area contributed by atoms with Crippen LogP contribution >= 0.6 is 0 Å². The topological polar surface area (TPSA) is 39.1 Å². The highest BCUT2D eigenvalue weighted by Crippen LogP contribution is 2.21. The Kier molecular flexibility index (Phi) is 4.00. The third kappa shape index (κ3) is 2.78. The van der Waals surface area contributed by atoms with Crippen LogP contribution in [0.4, 0.5) is 5.69 Å². The van der Waals surface area contributed by atoms with Crippen molar-refractivity contribution in [3.63, 3.8) is 0 Å². The molecule has 1 aliphatic rings. The van der Waals surface area contributed by atoms with Crippen LogP contribution in [0, 0.1) is 11.3 Å². The molecule has 1 atom stereocenters. The molecular formula is C14H19N3. The van der Waals surface area contributed by atoms with Crippen molar-refractivity contribution >= 4 is 5.69 Å². The Balaban J connectivity index is 2.21. The fourth-order valence-electron chi connectivity index (χ4n) is 2.42. The number of rotatable bonds is 4. The highest BCUT2D eigenvalue weighted by molar-refractivity contribution is 5.52. The van der Waals surface area contributed by atoms with Crippen LogP contribution in [-0.4, -0.2) is 25.7 Å². The van der Waals surface area contributed by atoms with Crippen LogP contribution in [0.3, 0.4) is 0 Å². The molecule has 3 nitrogen and oxygen atoms in total. The Bertz CT molecular complexity index is 402. The minimum Gasteiger partial charge on any atom is -0.367 e. The van der Waals surface area contributed by atoms with Crippen LogP contribution in [-0.2, 0) is 0 Å². The zero-order chi connectivity index (χ0) is 12.1. The van der Waals surface area contributed by atoms with Gasteiger partial charge in [0.15, 0.2) is 0 Å². The predicted octanol–water partition coefficient (Wildman–Crippen LogP) is 2.14. The molecular weight excluding hydrogens is 210 g/mol. The summed E-state index contributed by atoms with van der Waals surface area (Å²) in [5.74, 6) is 0. The van der Waals surface area contributed by atoms with E-state index in [9.17, 15) is 0 Å². The first kappa shape index (κ1) is 11.9. The van der Waals surface area contributed by atoms with Crippen LogP contribution in [0.2, 0.25) is 0 Å². The fourth-order valence-corrected chi connectivity index (χ4v) is 2.42. The molecule has 3 heteroatoms. The van der Waals surface area contributed by atoms with Crippen LogP contribution in [0.15, 0.2) is 24.3 Å². The molecule has 0 spiro atoms. The molecule has 0 aromatic heterocycles. The zero-order valence-electron chi connectivity index (χ0n) is 10.3. The molecule has 0 bridgehead atoms. The second-order valence-corrected chi connectivity index (χ2v) is 4.50. The Morgan fingerprint density at radius 1 is 1.53 bits per heavy atom. The second-order valence-electron chi connectivity index (χ2n) is 4.50. The van der Waals surface area contributed by atoms with Gasteiger partial charge in [0.1, 0.15) is 0 Å². The number of nitrogens with zero attached hydrogens (tertiary/aromatic N) is 2. The number of anilines is 1. The molecule has 1 heterocycles. The highest BCUT2D eigenvalue weighted by Gasteiger charge is 2.21. The molecule has 1 aromatic carbocycles. The van der Waals surface area contributed by atoms with E-state index in [4.69, 9.17) is 5.26 Å². The maximum Gasteiger partial charge on any atom is 0.0992 e. The zero-order valence-corrected chi connectivity index (χ0v) is 10.3. The van der Waals surface area contributed by atoms with Gasteiger partial charge in [-0.05, 0) is 37.6 Å². The molecule has 1 saturated heterocycles. The van der Waals surface area contributed by atoms with Crippen molar-refractivity contribution in [2.45, 2.75) is 25.8 Å². The number of hydrogen-bond donors (Lipinski definition) is 1. The van der Waals surface area contributed by atoms with Gasteiger partial charge in [0.05, 0.1) is 11.6 Å². The molecule has 0 saturated carbocycles. The Morgan fingerprint density at radius 2 is 2.41 bits per heavy atom. The quantitative estimate of drug-likeness (QED) is 0.859. The van der Waals surface area contributed by atoms with Gasteiger partial charge in [-0.3, -0.25) is 0 Å². The van der Waals surface area contributed by atoms with Crippen LogP contribution in [0.1, 0.15) is 25.3 Å². The summed E-state index contributed by atoms with van der Waals surface area (Å²) in [5.41, 5.74) is 1.93. The van der Waals surface area contributed by atoms with Gasteiger partial charge in [0, 0.05) is 24.8 Å². The summed E-state index contributed by atoms with van der Waals surface area (Å²) >= 11 is 0. The smallest absolute Gasteiger partial charge is 0.0992 e.